The number of carbonyl (C=O) groups excluding carboxylic acids is 1. The van der Waals surface area contributed by atoms with Crippen LogP contribution in [0, 0.1) is 0 Å². The summed E-state index contributed by atoms with van der Waals surface area (Å²) in [5.41, 5.74) is -0.811. The SMILES string of the molecule is CC(COc1ccccc1)OC(=O)Cl. The normalized spacial score (nSPS) is 11.9. The number of hydrogen-bond donors (Lipinski definition) is 0. The second-order valence-corrected chi connectivity index (χ2v) is 3.10. The lowest BCUT2D eigenvalue weighted by Gasteiger charge is -2.11. The molecule has 14 heavy (non-hydrogen) atoms. The first kappa shape index (κ1) is 10.9. The lowest BCUT2D eigenvalue weighted by molar-refractivity contribution is 0.0937. The van der Waals surface area contributed by atoms with Crippen LogP contribution in [0.4, 0.5) is 4.79 Å². The zero-order chi connectivity index (χ0) is 10.4. The van der Waals surface area contributed by atoms with Crippen LogP contribution in [0.25, 0.3) is 0 Å². The van der Waals surface area contributed by atoms with E-state index in [1.165, 1.54) is 0 Å². The highest BCUT2D eigenvalue weighted by atomic mass is 35.5. The summed E-state index contributed by atoms with van der Waals surface area (Å²) in [5.74, 6) is 0.741. The maximum absolute atomic E-state index is 10.4. The van der Waals surface area contributed by atoms with E-state index in [4.69, 9.17) is 16.3 Å². The molecule has 0 fully saturated rings. The maximum atomic E-state index is 10.4. The number of hydrogen-bond acceptors (Lipinski definition) is 3. The van der Waals surface area contributed by atoms with Gasteiger partial charge in [0, 0.05) is 11.6 Å². The van der Waals surface area contributed by atoms with Crippen molar-refractivity contribution in [2.75, 3.05) is 6.61 Å². The van der Waals surface area contributed by atoms with Crippen LogP contribution in [0.15, 0.2) is 30.3 Å². The Bertz CT molecular complexity index is 287. The second-order valence-electron chi connectivity index (χ2n) is 2.79. The molecule has 0 amide bonds. The minimum absolute atomic E-state index is 0.294. The first-order valence-electron chi connectivity index (χ1n) is 4.22. The van der Waals surface area contributed by atoms with Crippen LogP contribution in [-0.4, -0.2) is 18.1 Å². The van der Waals surface area contributed by atoms with E-state index in [0.717, 1.165) is 5.75 Å². The van der Waals surface area contributed by atoms with Gasteiger partial charge in [-0.15, -0.1) is 0 Å². The molecule has 0 radical (unpaired) electrons. The largest absolute Gasteiger partial charge is 0.490 e. The third-order valence-corrected chi connectivity index (χ3v) is 1.61. The molecule has 1 rings (SSSR count). The third kappa shape index (κ3) is 4.14. The Labute approximate surface area is 87.6 Å². The highest BCUT2D eigenvalue weighted by molar-refractivity contribution is 6.61. The summed E-state index contributed by atoms with van der Waals surface area (Å²) in [6, 6.07) is 9.29. The Morgan fingerprint density at radius 1 is 1.43 bits per heavy atom. The van der Waals surface area contributed by atoms with Crippen molar-refractivity contribution in [2.45, 2.75) is 13.0 Å². The van der Waals surface area contributed by atoms with E-state index in [0.29, 0.717) is 6.61 Å². The van der Waals surface area contributed by atoms with Crippen molar-refractivity contribution in [3.63, 3.8) is 0 Å². The van der Waals surface area contributed by atoms with Crippen molar-refractivity contribution < 1.29 is 14.3 Å². The first-order chi connectivity index (χ1) is 6.68. The predicted octanol–water partition coefficient (Wildman–Crippen LogP) is 2.83. The molecule has 1 aromatic carbocycles. The molecule has 3 nitrogen and oxygen atoms in total. The maximum Gasteiger partial charge on any atom is 0.404 e. The molecule has 1 aromatic rings. The smallest absolute Gasteiger partial charge is 0.404 e. The van der Waals surface area contributed by atoms with Gasteiger partial charge in [-0.25, -0.2) is 4.79 Å². The summed E-state index contributed by atoms with van der Waals surface area (Å²) in [6.45, 7) is 2.01. The minimum atomic E-state index is -0.811. The third-order valence-electron chi connectivity index (χ3n) is 1.52. The molecular formula is C10H11ClO3. The van der Waals surface area contributed by atoms with Gasteiger partial charge < -0.3 is 9.47 Å². The van der Waals surface area contributed by atoms with Gasteiger partial charge in [-0.3, -0.25) is 0 Å². The topological polar surface area (TPSA) is 35.5 Å². The summed E-state index contributed by atoms with van der Waals surface area (Å²) < 4.78 is 10.0. The number of halogens is 1. The zero-order valence-electron chi connectivity index (χ0n) is 7.77. The monoisotopic (exact) mass is 214 g/mol. The van der Waals surface area contributed by atoms with Crippen LogP contribution in [0.3, 0.4) is 0 Å². The number of benzene rings is 1. The van der Waals surface area contributed by atoms with Gasteiger partial charge >= 0.3 is 5.43 Å². The molecule has 0 aromatic heterocycles. The molecule has 0 aliphatic heterocycles. The molecule has 0 aliphatic rings. The van der Waals surface area contributed by atoms with E-state index in [2.05, 4.69) is 4.74 Å². The molecule has 1 unspecified atom stereocenters. The fourth-order valence-corrected chi connectivity index (χ4v) is 1.07. The molecule has 76 valence electrons. The standard InChI is InChI=1S/C10H11ClO3/c1-8(14-10(11)12)7-13-9-5-3-2-4-6-9/h2-6,8H,7H2,1H3. The summed E-state index contributed by atoms with van der Waals surface area (Å²) >= 11 is 5.04. The summed E-state index contributed by atoms with van der Waals surface area (Å²) in [5, 5.41) is 0. The van der Waals surface area contributed by atoms with Crippen LogP contribution in [-0.2, 0) is 4.74 Å². The molecule has 1 atom stereocenters. The molecule has 4 heteroatoms. The van der Waals surface area contributed by atoms with Gasteiger partial charge in [0.2, 0.25) is 0 Å². The minimum Gasteiger partial charge on any atom is -0.490 e. The van der Waals surface area contributed by atoms with Crippen LogP contribution in [0.5, 0.6) is 5.75 Å². The summed E-state index contributed by atoms with van der Waals surface area (Å²) in [4.78, 5) is 10.4. The van der Waals surface area contributed by atoms with Crippen molar-refractivity contribution in [1.29, 1.82) is 0 Å². The number of para-hydroxylation sites is 1. The summed E-state index contributed by atoms with van der Waals surface area (Å²) in [6.07, 6.45) is -0.347. The van der Waals surface area contributed by atoms with Crippen LogP contribution in [0.2, 0.25) is 0 Å². The van der Waals surface area contributed by atoms with Crippen molar-refractivity contribution in [2.24, 2.45) is 0 Å². The van der Waals surface area contributed by atoms with Crippen molar-refractivity contribution in [3.8, 4) is 5.75 Å². The van der Waals surface area contributed by atoms with E-state index in [-0.39, 0.29) is 6.10 Å². The van der Waals surface area contributed by atoms with Gasteiger partial charge in [0.25, 0.3) is 0 Å². The van der Waals surface area contributed by atoms with Gasteiger partial charge in [0.05, 0.1) is 0 Å². The van der Waals surface area contributed by atoms with Crippen LogP contribution >= 0.6 is 11.6 Å². The highest BCUT2D eigenvalue weighted by Crippen LogP contribution is 2.09. The van der Waals surface area contributed by atoms with Crippen molar-refractivity contribution in [3.05, 3.63) is 30.3 Å². The van der Waals surface area contributed by atoms with E-state index in [1.54, 1.807) is 6.92 Å². The molecule has 0 saturated heterocycles. The Balaban J connectivity index is 2.30. The lowest BCUT2D eigenvalue weighted by Crippen LogP contribution is -2.19. The fourth-order valence-electron chi connectivity index (χ4n) is 0.922. The van der Waals surface area contributed by atoms with E-state index in [1.807, 2.05) is 30.3 Å². The second kappa shape index (κ2) is 5.50. The first-order valence-corrected chi connectivity index (χ1v) is 4.60. The van der Waals surface area contributed by atoms with E-state index < -0.39 is 5.43 Å². The van der Waals surface area contributed by atoms with Crippen molar-refractivity contribution in [1.82, 2.24) is 0 Å². The van der Waals surface area contributed by atoms with E-state index in [9.17, 15) is 4.79 Å². The van der Waals surface area contributed by atoms with Gasteiger partial charge in [-0.1, -0.05) is 18.2 Å². The van der Waals surface area contributed by atoms with Crippen molar-refractivity contribution >= 4 is 17.0 Å². The van der Waals surface area contributed by atoms with Crippen LogP contribution in [0.1, 0.15) is 6.92 Å². The van der Waals surface area contributed by atoms with Gasteiger partial charge in [-0.2, -0.15) is 0 Å². The fraction of sp³-hybridized carbons (Fsp3) is 0.300. The Morgan fingerprint density at radius 3 is 2.64 bits per heavy atom. The molecular weight excluding hydrogens is 204 g/mol. The van der Waals surface area contributed by atoms with Gasteiger partial charge in [0.15, 0.2) is 0 Å². The molecule has 0 spiro atoms. The zero-order valence-corrected chi connectivity index (χ0v) is 8.53. The molecule has 0 bridgehead atoms. The molecule has 0 heterocycles. The highest BCUT2D eigenvalue weighted by Gasteiger charge is 2.06. The Morgan fingerprint density at radius 2 is 2.07 bits per heavy atom. The van der Waals surface area contributed by atoms with Crippen LogP contribution < -0.4 is 4.74 Å². The number of ether oxygens (including phenoxy) is 2. The van der Waals surface area contributed by atoms with E-state index >= 15 is 0 Å². The molecule has 0 aliphatic carbocycles. The molecule has 0 saturated carbocycles. The summed E-state index contributed by atoms with van der Waals surface area (Å²) in [7, 11) is 0. The number of carbonyl (C=O) groups is 1. The van der Waals surface area contributed by atoms with Gasteiger partial charge in [0.1, 0.15) is 18.5 Å². The van der Waals surface area contributed by atoms with Gasteiger partial charge in [-0.05, 0) is 19.1 Å². The quantitative estimate of drug-likeness (QED) is 0.723. The Hall–Kier alpha value is -1.22. The average Bonchev–Trinajstić information content (AvgIpc) is 2.15. The Kier molecular flexibility index (Phi) is 4.26. The molecule has 0 N–H and O–H groups in total. The average molecular weight is 215 g/mol. The number of rotatable bonds is 4. The predicted molar refractivity (Wildman–Crippen MR) is 53.7 cm³/mol. The lowest BCUT2D eigenvalue weighted by atomic mass is 10.3.